The van der Waals surface area contributed by atoms with Crippen molar-refractivity contribution in [2.45, 2.75) is 26.3 Å². The van der Waals surface area contributed by atoms with E-state index in [2.05, 4.69) is 10.3 Å². The standard InChI is InChI=1S/C10H15N3O/c1-3-7(2)13-10(14)8-4-5-9(11)12-6-8/h4-7H,3H2,1-2H3,(H2,11,12)(H,13,14). The average Bonchev–Trinajstić information content (AvgIpc) is 2.18. The molecule has 0 aromatic carbocycles. The van der Waals surface area contributed by atoms with Crippen molar-refractivity contribution in [3.8, 4) is 0 Å². The molecule has 76 valence electrons. The van der Waals surface area contributed by atoms with Crippen LogP contribution in [0, 0.1) is 0 Å². The van der Waals surface area contributed by atoms with Crippen molar-refractivity contribution < 1.29 is 4.79 Å². The van der Waals surface area contributed by atoms with Crippen LogP contribution in [0.25, 0.3) is 0 Å². The number of carbonyl (C=O) groups excluding carboxylic acids is 1. The van der Waals surface area contributed by atoms with Gasteiger partial charge in [-0.2, -0.15) is 0 Å². The van der Waals surface area contributed by atoms with E-state index in [4.69, 9.17) is 5.73 Å². The van der Waals surface area contributed by atoms with E-state index in [0.29, 0.717) is 11.4 Å². The number of amides is 1. The summed E-state index contributed by atoms with van der Waals surface area (Å²) in [6, 6.07) is 3.46. The zero-order valence-corrected chi connectivity index (χ0v) is 8.45. The van der Waals surface area contributed by atoms with Gasteiger partial charge in [-0.25, -0.2) is 4.98 Å². The van der Waals surface area contributed by atoms with Crippen LogP contribution >= 0.6 is 0 Å². The van der Waals surface area contributed by atoms with Gasteiger partial charge in [-0.15, -0.1) is 0 Å². The number of carbonyl (C=O) groups is 1. The largest absolute Gasteiger partial charge is 0.384 e. The van der Waals surface area contributed by atoms with Crippen molar-refractivity contribution in [2.75, 3.05) is 5.73 Å². The van der Waals surface area contributed by atoms with E-state index in [0.717, 1.165) is 6.42 Å². The second-order valence-corrected chi connectivity index (χ2v) is 3.25. The molecule has 1 aromatic heterocycles. The molecule has 1 atom stereocenters. The van der Waals surface area contributed by atoms with Crippen molar-refractivity contribution in [2.24, 2.45) is 0 Å². The topological polar surface area (TPSA) is 68.0 Å². The van der Waals surface area contributed by atoms with Gasteiger partial charge in [0.05, 0.1) is 5.56 Å². The minimum Gasteiger partial charge on any atom is -0.384 e. The van der Waals surface area contributed by atoms with Crippen LogP contribution in [0.4, 0.5) is 5.82 Å². The van der Waals surface area contributed by atoms with E-state index in [-0.39, 0.29) is 11.9 Å². The molecule has 0 fully saturated rings. The number of aromatic nitrogens is 1. The van der Waals surface area contributed by atoms with Gasteiger partial charge >= 0.3 is 0 Å². The average molecular weight is 193 g/mol. The summed E-state index contributed by atoms with van der Waals surface area (Å²) in [6.45, 7) is 3.98. The maximum atomic E-state index is 11.5. The fraction of sp³-hybridized carbons (Fsp3) is 0.400. The Balaban J connectivity index is 2.65. The molecule has 14 heavy (non-hydrogen) atoms. The number of nitrogens with two attached hydrogens (primary N) is 1. The van der Waals surface area contributed by atoms with Crippen molar-refractivity contribution >= 4 is 11.7 Å². The molecule has 0 radical (unpaired) electrons. The first kappa shape index (κ1) is 10.5. The van der Waals surface area contributed by atoms with Crippen LogP contribution < -0.4 is 11.1 Å². The number of nitrogens with one attached hydrogen (secondary N) is 1. The van der Waals surface area contributed by atoms with E-state index >= 15 is 0 Å². The van der Waals surface area contributed by atoms with Gasteiger partial charge in [0.15, 0.2) is 0 Å². The van der Waals surface area contributed by atoms with Crippen LogP contribution in [0.1, 0.15) is 30.6 Å². The normalized spacial score (nSPS) is 12.1. The lowest BCUT2D eigenvalue weighted by atomic mass is 10.2. The van der Waals surface area contributed by atoms with Crippen LogP contribution in [0.15, 0.2) is 18.3 Å². The third kappa shape index (κ3) is 2.73. The highest BCUT2D eigenvalue weighted by atomic mass is 16.1. The summed E-state index contributed by atoms with van der Waals surface area (Å²) in [6.07, 6.45) is 2.39. The lowest BCUT2D eigenvalue weighted by molar-refractivity contribution is 0.0939. The summed E-state index contributed by atoms with van der Waals surface area (Å²) in [7, 11) is 0. The maximum absolute atomic E-state index is 11.5. The molecule has 3 N–H and O–H groups in total. The second kappa shape index (κ2) is 4.60. The first-order chi connectivity index (χ1) is 6.63. The number of rotatable bonds is 3. The number of nitrogens with zero attached hydrogens (tertiary/aromatic N) is 1. The van der Waals surface area contributed by atoms with Crippen molar-refractivity contribution in [1.29, 1.82) is 0 Å². The molecule has 1 aromatic rings. The molecule has 0 aliphatic rings. The summed E-state index contributed by atoms with van der Waals surface area (Å²) in [5, 5.41) is 2.85. The third-order valence-corrected chi connectivity index (χ3v) is 2.04. The van der Waals surface area contributed by atoms with E-state index in [1.165, 1.54) is 6.20 Å². The van der Waals surface area contributed by atoms with Gasteiger partial charge in [0.2, 0.25) is 0 Å². The number of hydrogen-bond acceptors (Lipinski definition) is 3. The molecule has 0 saturated heterocycles. The summed E-state index contributed by atoms with van der Waals surface area (Å²) < 4.78 is 0. The fourth-order valence-corrected chi connectivity index (χ4v) is 0.949. The first-order valence-electron chi connectivity index (χ1n) is 4.66. The summed E-state index contributed by atoms with van der Waals surface area (Å²) in [4.78, 5) is 15.4. The molecule has 1 rings (SSSR count). The van der Waals surface area contributed by atoms with Gasteiger partial charge in [0, 0.05) is 12.2 Å². The van der Waals surface area contributed by atoms with Crippen LogP contribution in [-0.2, 0) is 0 Å². The van der Waals surface area contributed by atoms with Gasteiger partial charge in [0.1, 0.15) is 5.82 Å². The molecule has 1 heterocycles. The van der Waals surface area contributed by atoms with Gasteiger partial charge in [-0.1, -0.05) is 6.92 Å². The summed E-state index contributed by atoms with van der Waals surface area (Å²) in [5.41, 5.74) is 5.95. The van der Waals surface area contributed by atoms with Crippen LogP contribution in [0.2, 0.25) is 0 Å². The molecule has 1 amide bonds. The third-order valence-electron chi connectivity index (χ3n) is 2.04. The minimum absolute atomic E-state index is 0.105. The molecule has 0 spiro atoms. The Labute approximate surface area is 83.5 Å². The minimum atomic E-state index is -0.105. The number of hydrogen-bond donors (Lipinski definition) is 2. The van der Waals surface area contributed by atoms with Crippen molar-refractivity contribution in [1.82, 2.24) is 10.3 Å². The molecule has 0 saturated carbocycles. The molecule has 4 nitrogen and oxygen atoms in total. The number of nitrogen functional groups attached to an aromatic ring is 1. The molecule has 1 unspecified atom stereocenters. The van der Waals surface area contributed by atoms with Crippen molar-refractivity contribution in [3.05, 3.63) is 23.9 Å². The summed E-state index contributed by atoms with van der Waals surface area (Å²) >= 11 is 0. The van der Waals surface area contributed by atoms with Gasteiger partial charge in [-0.05, 0) is 25.5 Å². The Bertz CT molecular complexity index is 308. The smallest absolute Gasteiger partial charge is 0.253 e. The van der Waals surface area contributed by atoms with E-state index in [1.54, 1.807) is 12.1 Å². The van der Waals surface area contributed by atoms with Crippen LogP contribution in [-0.4, -0.2) is 16.9 Å². The van der Waals surface area contributed by atoms with E-state index in [9.17, 15) is 4.79 Å². The van der Waals surface area contributed by atoms with E-state index < -0.39 is 0 Å². The van der Waals surface area contributed by atoms with Crippen LogP contribution in [0.5, 0.6) is 0 Å². The second-order valence-electron chi connectivity index (χ2n) is 3.25. The number of anilines is 1. The highest BCUT2D eigenvalue weighted by Crippen LogP contribution is 2.01. The molecular weight excluding hydrogens is 178 g/mol. The fourth-order valence-electron chi connectivity index (χ4n) is 0.949. The van der Waals surface area contributed by atoms with Gasteiger partial charge in [-0.3, -0.25) is 4.79 Å². The molecule has 4 heteroatoms. The Morgan fingerprint density at radius 1 is 1.64 bits per heavy atom. The predicted molar refractivity (Wildman–Crippen MR) is 55.9 cm³/mol. The Kier molecular flexibility index (Phi) is 3.45. The Morgan fingerprint density at radius 2 is 2.36 bits per heavy atom. The van der Waals surface area contributed by atoms with E-state index in [1.807, 2.05) is 13.8 Å². The Morgan fingerprint density at radius 3 is 2.86 bits per heavy atom. The molecular formula is C10H15N3O. The predicted octanol–water partition coefficient (Wildman–Crippen LogP) is 1.19. The zero-order valence-electron chi connectivity index (χ0n) is 8.45. The molecule has 0 aliphatic carbocycles. The first-order valence-corrected chi connectivity index (χ1v) is 4.66. The quantitative estimate of drug-likeness (QED) is 0.757. The highest BCUT2D eigenvalue weighted by Gasteiger charge is 2.07. The SMILES string of the molecule is CCC(C)NC(=O)c1ccc(N)nc1. The van der Waals surface area contributed by atoms with Gasteiger partial charge < -0.3 is 11.1 Å². The molecule has 0 aliphatic heterocycles. The van der Waals surface area contributed by atoms with Crippen molar-refractivity contribution in [3.63, 3.8) is 0 Å². The molecule has 0 bridgehead atoms. The highest BCUT2D eigenvalue weighted by molar-refractivity contribution is 5.94. The Hall–Kier alpha value is -1.58. The maximum Gasteiger partial charge on any atom is 0.253 e. The van der Waals surface area contributed by atoms with Gasteiger partial charge in [0.25, 0.3) is 5.91 Å². The monoisotopic (exact) mass is 193 g/mol. The number of pyridine rings is 1. The lowest BCUT2D eigenvalue weighted by Crippen LogP contribution is -2.31. The summed E-state index contributed by atoms with van der Waals surface area (Å²) in [5.74, 6) is 0.317. The van der Waals surface area contributed by atoms with Crippen LogP contribution in [0.3, 0.4) is 0 Å². The zero-order chi connectivity index (χ0) is 10.6. The lowest BCUT2D eigenvalue weighted by Gasteiger charge is -2.10.